The van der Waals surface area contributed by atoms with Gasteiger partial charge in [0, 0.05) is 6.07 Å². The molecule has 0 saturated heterocycles. The third-order valence-electron chi connectivity index (χ3n) is 3.15. The lowest BCUT2D eigenvalue weighted by Crippen LogP contribution is -1.98. The Kier molecular flexibility index (Phi) is 3.29. The molecule has 0 spiro atoms. The Morgan fingerprint density at radius 1 is 1.15 bits per heavy atom. The molecule has 1 aliphatic heterocycles. The first-order valence-electron chi connectivity index (χ1n) is 6.33. The highest BCUT2D eigenvalue weighted by Crippen LogP contribution is 2.37. The number of carbonyl (C=O) groups excluding carboxylic acids is 1. The van der Waals surface area contributed by atoms with Crippen LogP contribution in [0.2, 0.25) is 0 Å². The van der Waals surface area contributed by atoms with Crippen molar-refractivity contribution < 1.29 is 19.0 Å². The molecule has 0 radical (unpaired) electrons. The summed E-state index contributed by atoms with van der Waals surface area (Å²) in [5, 5.41) is 0. The largest absolute Gasteiger partial charge is 0.488 e. The number of ether oxygens (including phenoxy) is 3. The van der Waals surface area contributed by atoms with Crippen LogP contribution in [0.25, 0.3) is 0 Å². The average molecular weight is 270 g/mol. The zero-order valence-electron chi connectivity index (χ0n) is 11.1. The van der Waals surface area contributed by atoms with Crippen LogP contribution in [0.3, 0.4) is 0 Å². The molecule has 0 amide bonds. The molecule has 1 aliphatic rings. The van der Waals surface area contributed by atoms with Crippen LogP contribution in [0.5, 0.6) is 17.2 Å². The molecular formula is C16H14O4. The van der Waals surface area contributed by atoms with E-state index >= 15 is 0 Å². The molecule has 0 aromatic heterocycles. The predicted molar refractivity (Wildman–Crippen MR) is 73.5 cm³/mol. The normalized spacial score (nSPS) is 12.2. The molecule has 102 valence electrons. The molecule has 3 rings (SSSR count). The number of aldehydes is 1. The van der Waals surface area contributed by atoms with Gasteiger partial charge in [-0.3, -0.25) is 4.79 Å². The van der Waals surface area contributed by atoms with Crippen LogP contribution in [0.1, 0.15) is 21.5 Å². The quantitative estimate of drug-likeness (QED) is 0.801. The van der Waals surface area contributed by atoms with Crippen molar-refractivity contribution in [3.05, 3.63) is 53.1 Å². The third-order valence-corrected chi connectivity index (χ3v) is 3.15. The van der Waals surface area contributed by atoms with Gasteiger partial charge < -0.3 is 14.2 Å². The van der Waals surface area contributed by atoms with E-state index in [1.54, 1.807) is 12.1 Å². The van der Waals surface area contributed by atoms with Gasteiger partial charge in [0.15, 0.2) is 17.8 Å². The van der Waals surface area contributed by atoms with Gasteiger partial charge in [-0.15, -0.1) is 0 Å². The maximum atomic E-state index is 11.1. The molecule has 0 saturated carbocycles. The minimum Gasteiger partial charge on any atom is -0.488 e. The van der Waals surface area contributed by atoms with E-state index in [2.05, 4.69) is 0 Å². The lowest BCUT2D eigenvalue weighted by atomic mass is 10.1. The van der Waals surface area contributed by atoms with Crippen molar-refractivity contribution in [2.45, 2.75) is 13.5 Å². The zero-order chi connectivity index (χ0) is 13.9. The van der Waals surface area contributed by atoms with E-state index in [0.29, 0.717) is 29.4 Å². The van der Waals surface area contributed by atoms with Crippen molar-refractivity contribution in [1.29, 1.82) is 0 Å². The minimum atomic E-state index is 0.176. The topological polar surface area (TPSA) is 44.8 Å². The van der Waals surface area contributed by atoms with Crippen LogP contribution >= 0.6 is 0 Å². The summed E-state index contributed by atoms with van der Waals surface area (Å²) in [5.74, 6) is 1.69. The lowest BCUT2D eigenvalue weighted by molar-refractivity contribution is 0.111. The standard InChI is InChI=1S/C16H14O4/c1-11-2-4-12(5-3-11)9-18-14-7-16-15(19-10-20-16)6-13(14)8-17/h2-8H,9-10H2,1H3. The van der Waals surface area contributed by atoms with Gasteiger partial charge >= 0.3 is 0 Å². The molecule has 2 aromatic rings. The van der Waals surface area contributed by atoms with Gasteiger partial charge in [-0.05, 0) is 18.6 Å². The molecule has 0 aliphatic carbocycles. The van der Waals surface area contributed by atoms with Gasteiger partial charge in [-0.2, -0.15) is 0 Å². The number of benzene rings is 2. The van der Waals surface area contributed by atoms with Crippen molar-refractivity contribution in [2.24, 2.45) is 0 Å². The van der Waals surface area contributed by atoms with Crippen LogP contribution < -0.4 is 14.2 Å². The number of carbonyl (C=O) groups is 1. The lowest BCUT2D eigenvalue weighted by Gasteiger charge is -2.09. The fraction of sp³-hybridized carbons (Fsp3) is 0.188. The molecule has 0 unspecified atom stereocenters. The Hall–Kier alpha value is -2.49. The first kappa shape index (κ1) is 12.5. The Labute approximate surface area is 116 Å². The highest BCUT2D eigenvalue weighted by Gasteiger charge is 2.17. The van der Waals surface area contributed by atoms with E-state index in [-0.39, 0.29) is 6.79 Å². The van der Waals surface area contributed by atoms with Crippen molar-refractivity contribution >= 4 is 6.29 Å². The monoisotopic (exact) mass is 270 g/mol. The molecule has 0 fully saturated rings. The molecule has 0 bridgehead atoms. The van der Waals surface area contributed by atoms with Crippen LogP contribution in [0, 0.1) is 6.92 Å². The average Bonchev–Trinajstić information content (AvgIpc) is 2.92. The second-order valence-electron chi connectivity index (χ2n) is 4.64. The van der Waals surface area contributed by atoms with Gasteiger partial charge in [0.05, 0.1) is 5.56 Å². The fourth-order valence-electron chi connectivity index (χ4n) is 2.00. The molecule has 0 atom stereocenters. The highest BCUT2D eigenvalue weighted by molar-refractivity contribution is 5.81. The maximum absolute atomic E-state index is 11.1. The van der Waals surface area contributed by atoms with Gasteiger partial charge in [0.2, 0.25) is 6.79 Å². The molecule has 0 N–H and O–H groups in total. The number of fused-ring (bicyclic) bond motifs is 1. The van der Waals surface area contributed by atoms with Crippen LogP contribution in [-0.2, 0) is 6.61 Å². The summed E-state index contributed by atoms with van der Waals surface area (Å²) in [7, 11) is 0. The molecule has 2 aromatic carbocycles. The second-order valence-corrected chi connectivity index (χ2v) is 4.64. The minimum absolute atomic E-state index is 0.176. The number of rotatable bonds is 4. The smallest absolute Gasteiger partial charge is 0.231 e. The first-order valence-corrected chi connectivity index (χ1v) is 6.33. The van der Waals surface area contributed by atoms with Gasteiger partial charge in [-0.25, -0.2) is 0 Å². The predicted octanol–water partition coefficient (Wildman–Crippen LogP) is 3.12. The van der Waals surface area contributed by atoms with Crippen molar-refractivity contribution in [1.82, 2.24) is 0 Å². The molecule has 1 heterocycles. The van der Waals surface area contributed by atoms with E-state index in [0.717, 1.165) is 11.8 Å². The SMILES string of the molecule is Cc1ccc(COc2cc3c(cc2C=O)OCO3)cc1. The van der Waals surface area contributed by atoms with Crippen molar-refractivity contribution in [3.8, 4) is 17.2 Å². The molecular weight excluding hydrogens is 256 g/mol. The second kappa shape index (κ2) is 5.25. The zero-order valence-corrected chi connectivity index (χ0v) is 11.1. The van der Waals surface area contributed by atoms with E-state index in [4.69, 9.17) is 14.2 Å². The summed E-state index contributed by atoms with van der Waals surface area (Å²) in [6, 6.07) is 11.4. The Bertz CT molecular complexity index is 632. The van der Waals surface area contributed by atoms with E-state index in [1.165, 1.54) is 5.56 Å². The van der Waals surface area contributed by atoms with Crippen LogP contribution in [0.4, 0.5) is 0 Å². The first-order chi connectivity index (χ1) is 9.76. The third kappa shape index (κ3) is 2.45. The highest BCUT2D eigenvalue weighted by atomic mass is 16.7. The van der Waals surface area contributed by atoms with E-state index < -0.39 is 0 Å². The summed E-state index contributed by atoms with van der Waals surface area (Å²) in [6.45, 7) is 2.61. The number of hydrogen-bond acceptors (Lipinski definition) is 4. The Morgan fingerprint density at radius 3 is 2.55 bits per heavy atom. The van der Waals surface area contributed by atoms with Gasteiger partial charge in [-0.1, -0.05) is 29.8 Å². The van der Waals surface area contributed by atoms with Crippen LogP contribution in [0.15, 0.2) is 36.4 Å². The fourth-order valence-corrected chi connectivity index (χ4v) is 2.00. The van der Waals surface area contributed by atoms with E-state index in [1.807, 2.05) is 31.2 Å². The number of aryl methyl sites for hydroxylation is 1. The van der Waals surface area contributed by atoms with Crippen molar-refractivity contribution in [3.63, 3.8) is 0 Å². The summed E-state index contributed by atoms with van der Waals surface area (Å²) in [4.78, 5) is 11.1. The summed E-state index contributed by atoms with van der Waals surface area (Å²) in [6.07, 6.45) is 0.756. The number of hydrogen-bond donors (Lipinski definition) is 0. The Morgan fingerprint density at radius 2 is 1.85 bits per heavy atom. The van der Waals surface area contributed by atoms with Crippen LogP contribution in [-0.4, -0.2) is 13.1 Å². The summed E-state index contributed by atoms with van der Waals surface area (Å²) < 4.78 is 16.2. The molecule has 4 nitrogen and oxygen atoms in total. The molecule has 20 heavy (non-hydrogen) atoms. The van der Waals surface area contributed by atoms with Gasteiger partial charge in [0.1, 0.15) is 12.4 Å². The summed E-state index contributed by atoms with van der Waals surface area (Å²) >= 11 is 0. The Balaban J connectivity index is 1.80. The maximum Gasteiger partial charge on any atom is 0.231 e. The summed E-state index contributed by atoms with van der Waals surface area (Å²) in [5.41, 5.74) is 2.71. The van der Waals surface area contributed by atoms with Gasteiger partial charge in [0.25, 0.3) is 0 Å². The molecule has 4 heteroatoms. The van der Waals surface area contributed by atoms with E-state index in [9.17, 15) is 4.79 Å². The van der Waals surface area contributed by atoms with Crippen molar-refractivity contribution in [2.75, 3.05) is 6.79 Å².